The standard InChI is InChI=1S/C27H37N3O5S/c1-21(27(32)28-23-12-7-8-13-23)30(20-22-11-9-14-24(19-22)35-3)26(31)17-10-18-29(2)36(33,34)25-15-5-4-6-16-25/h4-6,9,11,14-16,19,21,23H,7-8,10,12-13,17-18,20H2,1-3H3,(H,28,32)/t21-/m1/s1. The predicted molar refractivity (Wildman–Crippen MR) is 139 cm³/mol. The molecule has 0 aliphatic heterocycles. The molecule has 0 spiro atoms. The van der Waals surface area contributed by atoms with Crippen LogP contribution in [0.4, 0.5) is 0 Å². The molecule has 2 aromatic carbocycles. The van der Waals surface area contributed by atoms with E-state index in [2.05, 4.69) is 5.32 Å². The Balaban J connectivity index is 1.67. The molecule has 1 aliphatic carbocycles. The fourth-order valence-electron chi connectivity index (χ4n) is 4.43. The van der Waals surface area contributed by atoms with Gasteiger partial charge in [0.15, 0.2) is 0 Å². The van der Waals surface area contributed by atoms with Gasteiger partial charge >= 0.3 is 0 Å². The Kier molecular flexibility index (Phi) is 9.89. The van der Waals surface area contributed by atoms with Gasteiger partial charge in [-0.2, -0.15) is 0 Å². The smallest absolute Gasteiger partial charge is 0.242 e. The van der Waals surface area contributed by atoms with Crippen LogP contribution in [0.15, 0.2) is 59.5 Å². The third-order valence-electron chi connectivity index (χ3n) is 6.67. The molecule has 0 aromatic heterocycles. The number of methoxy groups -OCH3 is 1. The Bertz CT molecular complexity index is 1120. The molecule has 0 unspecified atom stereocenters. The second-order valence-corrected chi connectivity index (χ2v) is 11.3. The molecule has 2 amide bonds. The first kappa shape index (κ1) is 27.7. The lowest BCUT2D eigenvalue weighted by Crippen LogP contribution is -2.49. The number of hydrogen-bond acceptors (Lipinski definition) is 5. The van der Waals surface area contributed by atoms with Crippen LogP contribution in [0.1, 0.15) is 51.0 Å². The minimum absolute atomic E-state index is 0.125. The number of carbonyl (C=O) groups is 2. The van der Waals surface area contributed by atoms with E-state index in [1.807, 2.05) is 24.3 Å². The van der Waals surface area contributed by atoms with Gasteiger partial charge in [-0.3, -0.25) is 9.59 Å². The lowest BCUT2D eigenvalue weighted by Gasteiger charge is -2.30. The maximum absolute atomic E-state index is 13.3. The van der Waals surface area contributed by atoms with Crippen LogP contribution in [0.2, 0.25) is 0 Å². The van der Waals surface area contributed by atoms with Crippen LogP contribution >= 0.6 is 0 Å². The van der Waals surface area contributed by atoms with Gasteiger partial charge in [0, 0.05) is 32.6 Å². The summed E-state index contributed by atoms with van der Waals surface area (Å²) in [6, 6.07) is 15.1. The topological polar surface area (TPSA) is 96.0 Å². The molecule has 1 N–H and O–H groups in total. The van der Waals surface area contributed by atoms with Gasteiger partial charge in [-0.25, -0.2) is 12.7 Å². The largest absolute Gasteiger partial charge is 0.497 e. The summed E-state index contributed by atoms with van der Waals surface area (Å²) in [7, 11) is -0.531. The molecule has 9 heteroatoms. The van der Waals surface area contributed by atoms with Crippen molar-refractivity contribution in [3.05, 3.63) is 60.2 Å². The summed E-state index contributed by atoms with van der Waals surface area (Å²) >= 11 is 0. The van der Waals surface area contributed by atoms with E-state index in [4.69, 9.17) is 4.74 Å². The molecule has 1 saturated carbocycles. The highest BCUT2D eigenvalue weighted by molar-refractivity contribution is 7.89. The van der Waals surface area contributed by atoms with Crippen molar-refractivity contribution in [1.82, 2.24) is 14.5 Å². The number of hydrogen-bond donors (Lipinski definition) is 1. The van der Waals surface area contributed by atoms with Crippen LogP contribution in [-0.2, 0) is 26.2 Å². The highest BCUT2D eigenvalue weighted by Crippen LogP contribution is 2.20. The average Bonchev–Trinajstić information content (AvgIpc) is 3.40. The third-order valence-corrected chi connectivity index (χ3v) is 8.54. The van der Waals surface area contributed by atoms with Crippen LogP contribution < -0.4 is 10.1 Å². The molecule has 8 nitrogen and oxygen atoms in total. The summed E-state index contributed by atoms with van der Waals surface area (Å²) in [5.74, 6) is 0.315. The van der Waals surface area contributed by atoms with Crippen molar-refractivity contribution >= 4 is 21.8 Å². The van der Waals surface area contributed by atoms with Gasteiger partial charge in [0.2, 0.25) is 21.8 Å². The zero-order chi connectivity index (χ0) is 26.1. The molecule has 0 saturated heterocycles. The number of sulfonamides is 1. The van der Waals surface area contributed by atoms with Gasteiger partial charge in [0.25, 0.3) is 0 Å². The Morgan fingerprint density at radius 1 is 1.08 bits per heavy atom. The van der Waals surface area contributed by atoms with Crippen LogP contribution in [0.3, 0.4) is 0 Å². The molecular weight excluding hydrogens is 478 g/mol. The lowest BCUT2D eigenvalue weighted by molar-refractivity contribution is -0.141. The van der Waals surface area contributed by atoms with Gasteiger partial charge in [0.1, 0.15) is 11.8 Å². The van der Waals surface area contributed by atoms with Crippen molar-refractivity contribution in [2.24, 2.45) is 0 Å². The Morgan fingerprint density at radius 2 is 1.78 bits per heavy atom. The van der Waals surface area contributed by atoms with Gasteiger partial charge in [-0.15, -0.1) is 0 Å². The molecule has 0 heterocycles. The first-order valence-electron chi connectivity index (χ1n) is 12.5. The Labute approximate surface area is 214 Å². The molecule has 196 valence electrons. The number of benzene rings is 2. The van der Waals surface area contributed by atoms with Crippen molar-refractivity contribution < 1.29 is 22.7 Å². The second kappa shape index (κ2) is 12.9. The monoisotopic (exact) mass is 515 g/mol. The quantitative estimate of drug-likeness (QED) is 0.466. The predicted octanol–water partition coefficient (Wildman–Crippen LogP) is 3.57. The molecule has 0 bridgehead atoms. The Morgan fingerprint density at radius 3 is 2.44 bits per heavy atom. The molecule has 1 fully saturated rings. The van der Waals surface area contributed by atoms with E-state index in [-0.39, 0.29) is 42.3 Å². The normalized spacial score (nSPS) is 15.0. The SMILES string of the molecule is COc1cccc(CN(C(=O)CCCN(C)S(=O)(=O)c2ccccc2)[C@H](C)C(=O)NC2CCCC2)c1. The Hall–Kier alpha value is -2.91. The molecular formula is C27H37N3O5S. The van der Waals surface area contributed by atoms with Crippen LogP contribution in [-0.4, -0.2) is 62.2 Å². The van der Waals surface area contributed by atoms with Crippen LogP contribution in [0, 0.1) is 0 Å². The van der Waals surface area contributed by atoms with E-state index in [0.717, 1.165) is 31.2 Å². The van der Waals surface area contributed by atoms with Crippen molar-refractivity contribution in [3.8, 4) is 5.75 Å². The number of ether oxygens (including phenoxy) is 1. The zero-order valence-corrected chi connectivity index (χ0v) is 22.2. The minimum atomic E-state index is -3.63. The number of amides is 2. The maximum atomic E-state index is 13.3. The molecule has 0 radical (unpaired) electrons. The van der Waals surface area contributed by atoms with Crippen molar-refractivity contribution in [3.63, 3.8) is 0 Å². The lowest BCUT2D eigenvalue weighted by atomic mass is 10.1. The van der Waals surface area contributed by atoms with Crippen molar-refractivity contribution in [2.45, 2.75) is 69.0 Å². The van der Waals surface area contributed by atoms with E-state index in [1.54, 1.807) is 49.3 Å². The molecule has 36 heavy (non-hydrogen) atoms. The zero-order valence-electron chi connectivity index (χ0n) is 21.4. The van der Waals surface area contributed by atoms with E-state index in [9.17, 15) is 18.0 Å². The summed E-state index contributed by atoms with van der Waals surface area (Å²) in [6.07, 6.45) is 4.60. The van der Waals surface area contributed by atoms with Gasteiger partial charge in [0.05, 0.1) is 12.0 Å². The number of nitrogens with zero attached hydrogens (tertiary/aromatic N) is 2. The molecule has 3 rings (SSSR count). The number of nitrogens with one attached hydrogen (secondary N) is 1. The fraction of sp³-hybridized carbons (Fsp3) is 0.481. The van der Waals surface area contributed by atoms with Gasteiger partial charge in [-0.05, 0) is 56.0 Å². The summed E-state index contributed by atoms with van der Waals surface area (Å²) < 4.78 is 32.1. The summed E-state index contributed by atoms with van der Waals surface area (Å²) in [6.45, 7) is 2.19. The summed E-state index contributed by atoms with van der Waals surface area (Å²) in [5, 5.41) is 3.09. The van der Waals surface area contributed by atoms with E-state index in [0.29, 0.717) is 12.2 Å². The van der Waals surface area contributed by atoms with E-state index in [1.165, 1.54) is 11.4 Å². The third kappa shape index (κ3) is 7.30. The molecule has 1 aliphatic rings. The number of rotatable bonds is 12. The van der Waals surface area contributed by atoms with Gasteiger partial charge in [-0.1, -0.05) is 43.2 Å². The van der Waals surface area contributed by atoms with Gasteiger partial charge < -0.3 is 15.0 Å². The molecule has 2 aromatic rings. The summed E-state index contributed by atoms with van der Waals surface area (Å²) in [5.41, 5.74) is 0.854. The second-order valence-electron chi connectivity index (χ2n) is 9.28. The first-order chi connectivity index (χ1) is 17.2. The minimum Gasteiger partial charge on any atom is -0.497 e. The average molecular weight is 516 g/mol. The fourth-order valence-corrected chi connectivity index (χ4v) is 5.66. The highest BCUT2D eigenvalue weighted by atomic mass is 32.2. The first-order valence-corrected chi connectivity index (χ1v) is 13.9. The van der Waals surface area contributed by atoms with Crippen LogP contribution in [0.5, 0.6) is 5.75 Å². The highest BCUT2D eigenvalue weighted by Gasteiger charge is 2.29. The van der Waals surface area contributed by atoms with Crippen LogP contribution in [0.25, 0.3) is 0 Å². The molecule has 1 atom stereocenters. The van der Waals surface area contributed by atoms with E-state index >= 15 is 0 Å². The number of carbonyl (C=O) groups excluding carboxylic acids is 2. The summed E-state index contributed by atoms with van der Waals surface area (Å²) in [4.78, 5) is 28.1. The maximum Gasteiger partial charge on any atom is 0.242 e. The van der Waals surface area contributed by atoms with E-state index < -0.39 is 16.1 Å². The van der Waals surface area contributed by atoms with Crippen molar-refractivity contribution in [1.29, 1.82) is 0 Å². The van der Waals surface area contributed by atoms with Crippen molar-refractivity contribution in [2.75, 3.05) is 20.7 Å².